The molecule has 0 aromatic heterocycles. The van der Waals surface area contributed by atoms with Crippen molar-refractivity contribution in [2.45, 2.75) is 51.8 Å². The quantitative estimate of drug-likeness (QED) is 0.765. The molecule has 0 radical (unpaired) electrons. The molecule has 0 saturated carbocycles. The monoisotopic (exact) mass is 286 g/mol. The highest BCUT2D eigenvalue weighted by Gasteiger charge is 2.30. The van der Waals surface area contributed by atoms with Gasteiger partial charge in [-0.05, 0) is 27.7 Å². The zero-order chi connectivity index (χ0) is 15.3. The minimum atomic E-state index is -0.288. The Morgan fingerprint density at radius 3 is 2.65 bits per heavy atom. The third kappa shape index (κ3) is 5.46. The maximum atomic E-state index is 12.2. The van der Waals surface area contributed by atoms with Gasteiger partial charge in [0.1, 0.15) is 0 Å². The number of ether oxygens (including phenoxy) is 2. The number of amides is 1. The van der Waals surface area contributed by atoms with E-state index in [1.165, 1.54) is 7.11 Å². The van der Waals surface area contributed by atoms with Gasteiger partial charge in [0.25, 0.3) is 0 Å². The van der Waals surface area contributed by atoms with E-state index in [1.807, 2.05) is 32.6 Å². The van der Waals surface area contributed by atoms with Gasteiger partial charge in [-0.15, -0.1) is 0 Å². The van der Waals surface area contributed by atoms with E-state index >= 15 is 0 Å². The number of nitrogens with zero attached hydrogens (tertiary/aromatic N) is 1. The van der Waals surface area contributed by atoms with Crippen molar-refractivity contribution in [3.05, 3.63) is 0 Å². The molecular weight excluding hydrogens is 260 g/mol. The van der Waals surface area contributed by atoms with E-state index < -0.39 is 0 Å². The molecule has 2 atom stereocenters. The highest BCUT2D eigenvalue weighted by molar-refractivity contribution is 5.82. The van der Waals surface area contributed by atoms with Crippen molar-refractivity contribution < 1.29 is 19.1 Å². The largest absolute Gasteiger partial charge is 0.469 e. The highest BCUT2D eigenvalue weighted by atomic mass is 16.5. The van der Waals surface area contributed by atoms with Crippen LogP contribution in [-0.2, 0) is 19.1 Å². The van der Waals surface area contributed by atoms with Crippen molar-refractivity contribution in [2.75, 3.05) is 26.8 Å². The maximum Gasteiger partial charge on any atom is 0.308 e. The number of morpholine rings is 1. The van der Waals surface area contributed by atoms with Gasteiger partial charge < -0.3 is 14.8 Å². The van der Waals surface area contributed by atoms with Gasteiger partial charge in [0, 0.05) is 18.6 Å². The first-order valence-corrected chi connectivity index (χ1v) is 6.97. The molecule has 1 aliphatic rings. The van der Waals surface area contributed by atoms with Crippen molar-refractivity contribution in [3.63, 3.8) is 0 Å². The van der Waals surface area contributed by atoms with Crippen molar-refractivity contribution >= 4 is 11.9 Å². The van der Waals surface area contributed by atoms with E-state index in [0.717, 1.165) is 0 Å². The predicted octanol–water partition coefficient (Wildman–Crippen LogP) is 0.554. The summed E-state index contributed by atoms with van der Waals surface area (Å²) in [5.41, 5.74) is -0.247. The van der Waals surface area contributed by atoms with E-state index in [2.05, 4.69) is 10.1 Å². The van der Waals surface area contributed by atoms with Crippen LogP contribution in [0.2, 0.25) is 0 Å². The molecule has 0 aromatic carbocycles. The zero-order valence-corrected chi connectivity index (χ0v) is 13.1. The topological polar surface area (TPSA) is 67.9 Å². The van der Waals surface area contributed by atoms with Crippen LogP contribution in [0.4, 0.5) is 0 Å². The molecule has 6 heteroatoms. The number of rotatable bonds is 4. The summed E-state index contributed by atoms with van der Waals surface area (Å²) in [6, 6.07) is -0.238. The number of nitrogens with one attached hydrogen (secondary N) is 1. The van der Waals surface area contributed by atoms with Gasteiger partial charge in [-0.25, -0.2) is 0 Å². The number of carbonyl (C=O) groups is 2. The maximum absolute atomic E-state index is 12.2. The van der Waals surface area contributed by atoms with Crippen LogP contribution < -0.4 is 5.32 Å². The molecule has 1 fully saturated rings. The lowest BCUT2D eigenvalue weighted by atomic mass is 10.1. The fourth-order valence-corrected chi connectivity index (χ4v) is 2.13. The summed E-state index contributed by atoms with van der Waals surface area (Å²) in [7, 11) is 1.36. The number of hydrogen-bond acceptors (Lipinski definition) is 5. The Kier molecular flexibility index (Phi) is 5.95. The average Bonchev–Trinajstić information content (AvgIpc) is 2.36. The lowest BCUT2D eigenvalue weighted by molar-refractivity contribution is -0.146. The molecule has 0 aliphatic carbocycles. The van der Waals surface area contributed by atoms with Gasteiger partial charge in [-0.3, -0.25) is 14.5 Å². The van der Waals surface area contributed by atoms with Crippen LogP contribution in [0.25, 0.3) is 0 Å². The third-order valence-corrected chi connectivity index (χ3v) is 3.22. The Hall–Kier alpha value is -1.14. The van der Waals surface area contributed by atoms with Crippen LogP contribution in [0.5, 0.6) is 0 Å². The zero-order valence-electron chi connectivity index (χ0n) is 13.1. The van der Waals surface area contributed by atoms with Crippen LogP contribution in [0, 0.1) is 0 Å². The fraction of sp³-hybridized carbons (Fsp3) is 0.857. The first-order chi connectivity index (χ1) is 9.23. The number of carbonyl (C=O) groups excluding carboxylic acids is 2. The van der Waals surface area contributed by atoms with Gasteiger partial charge in [0.2, 0.25) is 5.91 Å². The summed E-state index contributed by atoms with van der Waals surface area (Å²) in [4.78, 5) is 25.5. The second-order valence-electron chi connectivity index (χ2n) is 6.18. The predicted molar refractivity (Wildman–Crippen MR) is 75.3 cm³/mol. The molecule has 20 heavy (non-hydrogen) atoms. The Morgan fingerprint density at radius 2 is 2.10 bits per heavy atom. The van der Waals surface area contributed by atoms with E-state index in [-0.39, 0.29) is 36.0 Å². The van der Waals surface area contributed by atoms with Crippen molar-refractivity contribution in [1.82, 2.24) is 10.2 Å². The molecule has 0 spiro atoms. The number of esters is 1. The van der Waals surface area contributed by atoms with Gasteiger partial charge in [-0.1, -0.05) is 0 Å². The average molecular weight is 286 g/mol. The van der Waals surface area contributed by atoms with Crippen molar-refractivity contribution in [2.24, 2.45) is 0 Å². The summed E-state index contributed by atoms with van der Waals surface area (Å²) in [5, 5.41) is 2.97. The highest BCUT2D eigenvalue weighted by Crippen LogP contribution is 2.13. The molecule has 1 saturated heterocycles. The number of methoxy groups -OCH3 is 1. The first kappa shape index (κ1) is 16.9. The molecule has 116 valence electrons. The molecule has 1 heterocycles. The molecular formula is C14H26N2O4. The normalized spacial score (nSPS) is 22.1. The van der Waals surface area contributed by atoms with Crippen LogP contribution in [0.3, 0.4) is 0 Å². The summed E-state index contributed by atoms with van der Waals surface area (Å²) < 4.78 is 10.2. The minimum absolute atomic E-state index is 0.00350. The standard InChI is InChI=1S/C14H26N2O4/c1-10(13(18)15-14(2,3)4)16-6-7-20-11(9-16)8-12(17)19-5/h10-11H,6-9H2,1-5H3,(H,15,18)/t10-,11-/m1/s1. The summed E-state index contributed by atoms with van der Waals surface area (Å²) in [6.45, 7) is 9.52. The third-order valence-electron chi connectivity index (χ3n) is 3.22. The first-order valence-electron chi connectivity index (χ1n) is 6.97. The Labute approximate surface area is 120 Å². The van der Waals surface area contributed by atoms with Gasteiger partial charge in [0.05, 0.1) is 32.3 Å². The van der Waals surface area contributed by atoms with Crippen LogP contribution in [0.15, 0.2) is 0 Å². The minimum Gasteiger partial charge on any atom is -0.469 e. The lowest BCUT2D eigenvalue weighted by Crippen LogP contribution is -2.55. The Bertz CT molecular complexity index is 352. The van der Waals surface area contributed by atoms with E-state index in [1.54, 1.807) is 0 Å². The molecule has 6 nitrogen and oxygen atoms in total. The second-order valence-corrected chi connectivity index (χ2v) is 6.18. The Morgan fingerprint density at radius 1 is 1.45 bits per heavy atom. The molecule has 0 aromatic rings. The summed E-state index contributed by atoms with van der Waals surface area (Å²) in [6.07, 6.45) is 0.0155. The number of hydrogen-bond donors (Lipinski definition) is 1. The summed E-state index contributed by atoms with van der Waals surface area (Å²) >= 11 is 0. The summed E-state index contributed by atoms with van der Waals surface area (Å²) in [5.74, 6) is -0.292. The molecule has 1 amide bonds. The second kappa shape index (κ2) is 7.04. The smallest absolute Gasteiger partial charge is 0.308 e. The van der Waals surface area contributed by atoms with E-state index in [0.29, 0.717) is 19.7 Å². The van der Waals surface area contributed by atoms with Crippen molar-refractivity contribution in [3.8, 4) is 0 Å². The molecule has 1 aliphatic heterocycles. The van der Waals surface area contributed by atoms with Crippen LogP contribution in [-0.4, -0.2) is 61.3 Å². The van der Waals surface area contributed by atoms with E-state index in [9.17, 15) is 9.59 Å². The SMILES string of the molecule is COC(=O)C[C@@H]1CN([C@H](C)C(=O)NC(C)(C)C)CCO1. The molecule has 1 rings (SSSR count). The van der Waals surface area contributed by atoms with Crippen LogP contribution >= 0.6 is 0 Å². The molecule has 0 unspecified atom stereocenters. The van der Waals surface area contributed by atoms with Crippen molar-refractivity contribution in [1.29, 1.82) is 0 Å². The van der Waals surface area contributed by atoms with Gasteiger partial charge in [-0.2, -0.15) is 0 Å². The molecule has 0 bridgehead atoms. The Balaban J connectivity index is 2.53. The van der Waals surface area contributed by atoms with Gasteiger partial charge in [0.15, 0.2) is 0 Å². The van der Waals surface area contributed by atoms with Gasteiger partial charge >= 0.3 is 5.97 Å². The van der Waals surface area contributed by atoms with E-state index in [4.69, 9.17) is 4.74 Å². The van der Waals surface area contributed by atoms with Crippen LogP contribution in [0.1, 0.15) is 34.1 Å². The fourth-order valence-electron chi connectivity index (χ4n) is 2.13. The lowest BCUT2D eigenvalue weighted by Gasteiger charge is -2.36. The molecule has 1 N–H and O–H groups in total.